The van der Waals surface area contributed by atoms with E-state index >= 15 is 0 Å². The molecule has 3 rings (SSSR count). The first-order valence-electron chi connectivity index (χ1n) is 10.9. The maximum Gasteiger partial charge on any atom is 0.191 e. The van der Waals surface area contributed by atoms with Gasteiger partial charge in [0.15, 0.2) is 16.9 Å². The predicted octanol–water partition coefficient (Wildman–Crippen LogP) is 4.58. The van der Waals surface area contributed by atoms with E-state index in [1.54, 1.807) is 12.1 Å². The highest BCUT2D eigenvalue weighted by atomic mass is 16.5. The SMILES string of the molecule is COc1cc(OC)c([C@@H]2[C@H]3CC(C(C)(C)C)CC=C3C(C#N)=C(N)C2(C#N)C#N)cc1OC. The summed E-state index contributed by atoms with van der Waals surface area (Å²) in [5.41, 5.74) is 6.38. The minimum Gasteiger partial charge on any atom is -0.496 e. The van der Waals surface area contributed by atoms with E-state index in [0.29, 0.717) is 35.2 Å². The Morgan fingerprint density at radius 3 is 2.03 bits per heavy atom. The summed E-state index contributed by atoms with van der Waals surface area (Å²) in [5, 5.41) is 30.7. The molecule has 0 aromatic heterocycles. The number of nitrogens with zero attached hydrogens (tertiary/aromatic N) is 3. The van der Waals surface area contributed by atoms with Crippen LogP contribution in [0.25, 0.3) is 0 Å². The summed E-state index contributed by atoms with van der Waals surface area (Å²) in [4.78, 5) is 0. The van der Waals surface area contributed by atoms with Crippen LogP contribution in [0, 0.1) is 56.7 Å². The van der Waals surface area contributed by atoms with Gasteiger partial charge in [0.25, 0.3) is 0 Å². The smallest absolute Gasteiger partial charge is 0.191 e. The highest BCUT2D eigenvalue weighted by Crippen LogP contribution is 2.59. The summed E-state index contributed by atoms with van der Waals surface area (Å²) in [5.74, 6) is 0.779. The zero-order valence-corrected chi connectivity index (χ0v) is 20.0. The van der Waals surface area contributed by atoms with E-state index in [4.69, 9.17) is 19.9 Å². The summed E-state index contributed by atoms with van der Waals surface area (Å²) < 4.78 is 16.6. The Bertz CT molecular complexity index is 1120. The molecule has 0 bridgehead atoms. The number of hydrogen-bond acceptors (Lipinski definition) is 7. The molecule has 0 heterocycles. The minimum absolute atomic E-state index is 0.00598. The van der Waals surface area contributed by atoms with Gasteiger partial charge in [-0.3, -0.25) is 0 Å². The number of allylic oxidation sites excluding steroid dienone is 4. The molecule has 0 spiro atoms. The lowest BCUT2D eigenvalue weighted by molar-refractivity contribution is 0.169. The molecule has 0 saturated carbocycles. The van der Waals surface area contributed by atoms with Gasteiger partial charge in [0, 0.05) is 17.5 Å². The van der Waals surface area contributed by atoms with Crippen LogP contribution >= 0.6 is 0 Å². The average Bonchev–Trinajstić information content (AvgIpc) is 2.81. The Hall–Kier alpha value is -3.63. The van der Waals surface area contributed by atoms with Crippen molar-refractivity contribution in [2.45, 2.75) is 39.5 Å². The van der Waals surface area contributed by atoms with Gasteiger partial charge in [-0.2, -0.15) is 15.8 Å². The fraction of sp³-hybridized carbons (Fsp3) is 0.500. The van der Waals surface area contributed by atoms with Gasteiger partial charge < -0.3 is 19.9 Å². The van der Waals surface area contributed by atoms with Crippen molar-refractivity contribution in [2.75, 3.05) is 21.3 Å². The predicted molar refractivity (Wildman–Crippen MR) is 123 cm³/mol. The van der Waals surface area contributed by atoms with Crippen molar-refractivity contribution in [3.63, 3.8) is 0 Å². The van der Waals surface area contributed by atoms with Crippen molar-refractivity contribution in [3.05, 3.63) is 40.6 Å². The molecule has 0 amide bonds. The lowest BCUT2D eigenvalue weighted by Crippen LogP contribution is -2.44. The molecule has 2 N–H and O–H groups in total. The zero-order chi connectivity index (χ0) is 24.6. The van der Waals surface area contributed by atoms with E-state index in [1.807, 2.05) is 0 Å². The summed E-state index contributed by atoms with van der Waals surface area (Å²) in [6.07, 6.45) is 3.57. The average molecular weight is 447 g/mol. The molecule has 2 aliphatic carbocycles. The van der Waals surface area contributed by atoms with Gasteiger partial charge >= 0.3 is 0 Å². The van der Waals surface area contributed by atoms with Crippen LogP contribution in [0.1, 0.15) is 45.1 Å². The zero-order valence-electron chi connectivity index (χ0n) is 20.0. The Balaban J connectivity index is 2.39. The molecule has 2 aliphatic rings. The van der Waals surface area contributed by atoms with Gasteiger partial charge in [0.05, 0.1) is 44.7 Å². The number of benzene rings is 1. The van der Waals surface area contributed by atoms with E-state index in [9.17, 15) is 15.8 Å². The third-order valence-corrected chi connectivity index (χ3v) is 7.17. The van der Waals surface area contributed by atoms with Crippen molar-refractivity contribution in [1.82, 2.24) is 0 Å². The van der Waals surface area contributed by atoms with E-state index in [-0.39, 0.29) is 22.6 Å². The first-order valence-corrected chi connectivity index (χ1v) is 10.9. The Kier molecular flexibility index (Phi) is 6.35. The number of ether oxygens (including phenoxy) is 3. The number of nitrogens with two attached hydrogens (primary N) is 1. The largest absolute Gasteiger partial charge is 0.496 e. The second kappa shape index (κ2) is 8.72. The van der Waals surface area contributed by atoms with Crippen LogP contribution < -0.4 is 19.9 Å². The van der Waals surface area contributed by atoms with Gasteiger partial charge in [-0.05, 0) is 41.7 Å². The minimum atomic E-state index is -1.74. The first kappa shape index (κ1) is 24.0. The highest BCUT2D eigenvalue weighted by molar-refractivity contribution is 5.62. The van der Waals surface area contributed by atoms with Gasteiger partial charge in [-0.1, -0.05) is 26.8 Å². The molecule has 0 radical (unpaired) electrons. The topological polar surface area (TPSA) is 125 Å². The monoisotopic (exact) mass is 446 g/mol. The molecule has 1 unspecified atom stereocenters. The normalized spacial score (nSPS) is 23.8. The van der Waals surface area contributed by atoms with Crippen molar-refractivity contribution in [3.8, 4) is 35.5 Å². The van der Waals surface area contributed by atoms with Crippen molar-refractivity contribution in [1.29, 1.82) is 15.8 Å². The quantitative estimate of drug-likeness (QED) is 0.717. The number of hydrogen-bond donors (Lipinski definition) is 1. The van der Waals surface area contributed by atoms with E-state index in [0.717, 1.165) is 12.0 Å². The highest BCUT2D eigenvalue weighted by Gasteiger charge is 2.56. The van der Waals surface area contributed by atoms with Gasteiger partial charge in [0.1, 0.15) is 11.8 Å². The molecular weight excluding hydrogens is 416 g/mol. The van der Waals surface area contributed by atoms with Crippen LogP contribution in [0.3, 0.4) is 0 Å². The van der Waals surface area contributed by atoms with Gasteiger partial charge in [-0.15, -0.1) is 0 Å². The molecule has 0 aliphatic heterocycles. The van der Waals surface area contributed by atoms with Crippen LogP contribution in [0.15, 0.2) is 35.1 Å². The van der Waals surface area contributed by atoms with Crippen LogP contribution in [0.4, 0.5) is 0 Å². The standard InChI is InChI=1S/C26H30N4O3/c1-25(2,3)15-7-8-16-17(9-15)23(26(13-28,14-29)24(30)19(16)12-27)18-10-21(32-5)22(33-6)11-20(18)31-4/h8,10-11,15,17,23H,7,9,30H2,1-6H3/t15?,17-,23-/m0/s1. The third kappa shape index (κ3) is 3.66. The number of methoxy groups -OCH3 is 3. The fourth-order valence-electron chi connectivity index (χ4n) is 5.24. The number of nitriles is 3. The molecule has 1 aromatic rings. The second-order valence-electron chi connectivity index (χ2n) is 9.66. The molecule has 7 heteroatoms. The third-order valence-electron chi connectivity index (χ3n) is 7.17. The van der Waals surface area contributed by atoms with Crippen molar-refractivity contribution < 1.29 is 14.2 Å². The molecular formula is C26H30N4O3. The fourth-order valence-corrected chi connectivity index (χ4v) is 5.24. The van der Waals surface area contributed by atoms with E-state index < -0.39 is 11.3 Å². The molecule has 3 atom stereocenters. The Labute approximate surface area is 195 Å². The lowest BCUT2D eigenvalue weighted by atomic mass is 9.54. The Morgan fingerprint density at radius 1 is 0.970 bits per heavy atom. The Morgan fingerprint density at radius 2 is 1.55 bits per heavy atom. The number of fused-ring (bicyclic) bond motifs is 1. The van der Waals surface area contributed by atoms with Gasteiger partial charge in [-0.25, -0.2) is 0 Å². The molecule has 1 aromatic carbocycles. The first-order chi connectivity index (χ1) is 15.6. The molecule has 172 valence electrons. The van der Waals surface area contributed by atoms with E-state index in [2.05, 4.69) is 45.1 Å². The molecule has 33 heavy (non-hydrogen) atoms. The van der Waals surface area contributed by atoms with E-state index in [1.165, 1.54) is 21.3 Å². The van der Waals surface area contributed by atoms with Crippen LogP contribution in [-0.2, 0) is 0 Å². The van der Waals surface area contributed by atoms with Crippen molar-refractivity contribution >= 4 is 0 Å². The lowest BCUT2D eigenvalue weighted by Gasteiger charge is -2.47. The summed E-state index contributed by atoms with van der Waals surface area (Å²) in [7, 11) is 4.59. The summed E-state index contributed by atoms with van der Waals surface area (Å²) >= 11 is 0. The number of rotatable bonds is 4. The van der Waals surface area contributed by atoms with Gasteiger partial charge in [0.2, 0.25) is 0 Å². The van der Waals surface area contributed by atoms with Crippen LogP contribution in [-0.4, -0.2) is 21.3 Å². The van der Waals surface area contributed by atoms with Crippen LogP contribution in [0.2, 0.25) is 0 Å². The summed E-state index contributed by atoms with van der Waals surface area (Å²) in [6, 6.07) is 10.0. The molecule has 0 fully saturated rings. The molecule has 0 saturated heterocycles. The van der Waals surface area contributed by atoms with Crippen LogP contribution in [0.5, 0.6) is 17.2 Å². The van der Waals surface area contributed by atoms with Crippen molar-refractivity contribution in [2.24, 2.45) is 28.4 Å². The maximum absolute atomic E-state index is 10.4. The second-order valence-corrected chi connectivity index (χ2v) is 9.66. The summed E-state index contributed by atoms with van der Waals surface area (Å²) in [6.45, 7) is 6.55. The maximum atomic E-state index is 10.4. The molecule has 7 nitrogen and oxygen atoms in total.